The van der Waals surface area contributed by atoms with Gasteiger partial charge in [-0.2, -0.15) is 23.1 Å². The lowest BCUT2D eigenvalue weighted by atomic mass is 9.75. The highest BCUT2D eigenvalue weighted by Gasteiger charge is 2.52. The molecule has 1 unspecified atom stereocenters. The highest BCUT2D eigenvalue weighted by atomic mass is 19.4. The summed E-state index contributed by atoms with van der Waals surface area (Å²) >= 11 is 0. The van der Waals surface area contributed by atoms with Crippen LogP contribution in [0.2, 0.25) is 0 Å². The van der Waals surface area contributed by atoms with Crippen molar-refractivity contribution in [2.45, 2.75) is 90.5 Å². The zero-order valence-corrected chi connectivity index (χ0v) is 26.3. The summed E-state index contributed by atoms with van der Waals surface area (Å²) in [6.07, 6.45) is 0.158. The minimum atomic E-state index is -5.00. The molecule has 0 amide bonds. The van der Waals surface area contributed by atoms with E-state index in [1.54, 1.807) is 0 Å². The number of halogens is 5. The van der Waals surface area contributed by atoms with Gasteiger partial charge in [-0.15, -0.1) is 0 Å². The first-order chi connectivity index (χ1) is 21.1. The molecule has 2 aromatic heterocycles. The summed E-state index contributed by atoms with van der Waals surface area (Å²) in [6.45, 7) is 11.7. The molecule has 7 rings (SSSR count). The Morgan fingerprint density at radius 2 is 1.82 bits per heavy atom. The number of nitrogens with two attached hydrogens (primary N) is 2. The number of hydrogen-bond donors (Lipinski definition) is 3. The Hall–Kier alpha value is -3.32. The van der Waals surface area contributed by atoms with Crippen molar-refractivity contribution in [1.82, 2.24) is 20.3 Å². The molecule has 2 bridgehead atoms. The Bertz CT molecular complexity index is 1580. The van der Waals surface area contributed by atoms with E-state index < -0.39 is 51.5 Å². The summed E-state index contributed by atoms with van der Waals surface area (Å²) in [6, 6.07) is 0.515. The number of aromatic nitrogens is 3. The molecule has 1 aliphatic carbocycles. The van der Waals surface area contributed by atoms with Crippen LogP contribution < -0.4 is 21.5 Å². The summed E-state index contributed by atoms with van der Waals surface area (Å²) in [7, 11) is 0. The molecule has 45 heavy (non-hydrogen) atoms. The first kappa shape index (κ1) is 33.1. The molecule has 13 heteroatoms. The highest BCUT2D eigenvalue weighted by molar-refractivity contribution is 5.94. The summed E-state index contributed by atoms with van der Waals surface area (Å²) in [5, 5.41) is 3.54. The van der Waals surface area contributed by atoms with Gasteiger partial charge in [-0.25, -0.2) is 13.8 Å². The topological polar surface area (TPSA) is 121 Å². The molecule has 1 saturated carbocycles. The fourth-order valence-corrected chi connectivity index (χ4v) is 6.79. The van der Waals surface area contributed by atoms with E-state index in [4.69, 9.17) is 20.9 Å². The average molecular weight is 637 g/mol. The minimum Gasteiger partial charge on any atom is -0.460 e. The molecular formula is C32H41F5N6O2. The van der Waals surface area contributed by atoms with Gasteiger partial charge in [-0.1, -0.05) is 27.2 Å². The molecule has 5 N–H and O–H groups in total. The number of pyridine rings is 1. The monoisotopic (exact) mass is 636 g/mol. The van der Waals surface area contributed by atoms with Crippen molar-refractivity contribution >= 4 is 22.4 Å². The predicted molar refractivity (Wildman–Crippen MR) is 163 cm³/mol. The second-order valence-corrected chi connectivity index (χ2v) is 13.3. The van der Waals surface area contributed by atoms with E-state index in [1.807, 2.05) is 6.92 Å². The molecule has 1 aromatic carbocycles. The number of nitrogens with one attached hydrogen (secondary N) is 1. The summed E-state index contributed by atoms with van der Waals surface area (Å²) in [5.74, 6) is -1.18. The molecule has 4 aliphatic rings. The van der Waals surface area contributed by atoms with Crippen LogP contribution in [-0.4, -0.2) is 45.9 Å². The fourth-order valence-electron chi connectivity index (χ4n) is 6.79. The fraction of sp³-hybridized carbons (Fsp3) is 0.594. The maximum atomic E-state index is 15.9. The van der Waals surface area contributed by atoms with Crippen molar-refractivity contribution in [3.8, 4) is 17.3 Å². The lowest BCUT2D eigenvalue weighted by Gasteiger charge is -2.41. The van der Waals surface area contributed by atoms with Crippen LogP contribution in [0.1, 0.15) is 76.6 Å². The third-order valence-corrected chi connectivity index (χ3v) is 8.92. The smallest absolute Gasteiger partial charge is 0.417 e. The van der Waals surface area contributed by atoms with Crippen LogP contribution in [0.15, 0.2) is 6.07 Å². The first-order valence-corrected chi connectivity index (χ1v) is 15.4. The molecule has 3 saturated heterocycles. The van der Waals surface area contributed by atoms with Gasteiger partial charge >= 0.3 is 12.2 Å². The molecular weight excluding hydrogens is 595 g/mol. The van der Waals surface area contributed by atoms with E-state index in [2.05, 4.69) is 41.0 Å². The number of aryl methyl sites for hydroxylation is 1. The van der Waals surface area contributed by atoms with Crippen LogP contribution in [0.5, 0.6) is 6.01 Å². The highest BCUT2D eigenvalue weighted by Crippen LogP contribution is 2.48. The number of benzene rings is 1. The minimum absolute atomic E-state index is 0.0878. The van der Waals surface area contributed by atoms with Crippen LogP contribution in [0.25, 0.3) is 22.2 Å². The Balaban J connectivity index is 0.000000383. The van der Waals surface area contributed by atoms with E-state index >= 15 is 4.39 Å². The Morgan fingerprint density at radius 3 is 2.33 bits per heavy atom. The molecule has 246 valence electrons. The normalized spacial score (nSPS) is 23.8. The van der Waals surface area contributed by atoms with Gasteiger partial charge in [0.15, 0.2) is 5.82 Å². The average Bonchev–Trinajstić information content (AvgIpc) is 3.52. The van der Waals surface area contributed by atoms with Gasteiger partial charge < -0.3 is 26.3 Å². The van der Waals surface area contributed by atoms with Gasteiger partial charge in [-0.05, 0) is 76.0 Å². The van der Waals surface area contributed by atoms with Crippen molar-refractivity contribution in [3.63, 3.8) is 0 Å². The standard InChI is InChI=1S/C24H24F5N5O2.C8H17N/c1-3-4-14-15-20(33-22(34-21(15)31)35-9-23-6-11(7-23)8-36-23)18(26)19(32-14)12-5-13(30)17(25)10(2)16(12)24(27,28)29;1-7(2)6-8(3)4-5-9-8/h5,11H,3-4,6-9,30H2,1-2H3,(H2,31,33,34);7,9H,4-6H2,1-3H3. The molecule has 8 nitrogen and oxygen atoms in total. The molecule has 3 aliphatic heterocycles. The number of hydrogen-bond acceptors (Lipinski definition) is 8. The van der Waals surface area contributed by atoms with Gasteiger partial charge in [0.05, 0.1) is 28.9 Å². The van der Waals surface area contributed by atoms with Crippen LogP contribution in [0.4, 0.5) is 33.5 Å². The van der Waals surface area contributed by atoms with Crippen LogP contribution in [0.3, 0.4) is 0 Å². The quantitative estimate of drug-likeness (QED) is 0.183. The van der Waals surface area contributed by atoms with Gasteiger partial charge in [0, 0.05) is 11.1 Å². The summed E-state index contributed by atoms with van der Waals surface area (Å²) < 4.78 is 83.6. The van der Waals surface area contributed by atoms with E-state index in [1.165, 1.54) is 19.4 Å². The van der Waals surface area contributed by atoms with Crippen molar-refractivity contribution < 1.29 is 31.4 Å². The molecule has 5 heterocycles. The van der Waals surface area contributed by atoms with Crippen molar-refractivity contribution in [2.24, 2.45) is 11.8 Å². The number of ether oxygens (including phenoxy) is 2. The van der Waals surface area contributed by atoms with E-state index in [-0.39, 0.29) is 41.5 Å². The second kappa shape index (κ2) is 12.1. The third kappa shape index (κ3) is 6.51. The molecule has 1 atom stereocenters. The van der Waals surface area contributed by atoms with Gasteiger partial charge in [0.1, 0.15) is 35.1 Å². The van der Waals surface area contributed by atoms with Crippen molar-refractivity contribution in [1.29, 1.82) is 0 Å². The van der Waals surface area contributed by atoms with Crippen LogP contribution >= 0.6 is 0 Å². The zero-order chi connectivity index (χ0) is 32.9. The van der Waals surface area contributed by atoms with Crippen molar-refractivity contribution in [2.75, 3.05) is 31.2 Å². The summed E-state index contributed by atoms with van der Waals surface area (Å²) in [4.78, 5) is 12.5. The van der Waals surface area contributed by atoms with Gasteiger partial charge in [0.25, 0.3) is 0 Å². The number of anilines is 2. The van der Waals surface area contributed by atoms with Gasteiger partial charge in [0.2, 0.25) is 0 Å². The maximum absolute atomic E-state index is 15.9. The van der Waals surface area contributed by atoms with Crippen LogP contribution in [-0.2, 0) is 17.3 Å². The molecule has 3 aromatic rings. The Labute approximate surface area is 259 Å². The predicted octanol–water partition coefficient (Wildman–Crippen LogP) is 6.76. The lowest BCUT2D eigenvalue weighted by Crippen LogP contribution is -2.55. The largest absolute Gasteiger partial charge is 0.460 e. The zero-order valence-electron chi connectivity index (χ0n) is 26.3. The third-order valence-electron chi connectivity index (χ3n) is 8.92. The van der Waals surface area contributed by atoms with E-state index in [0.717, 1.165) is 31.7 Å². The Kier molecular flexibility index (Phi) is 8.91. The number of rotatable bonds is 8. The molecule has 0 radical (unpaired) electrons. The first-order valence-electron chi connectivity index (χ1n) is 15.4. The van der Waals surface area contributed by atoms with Crippen molar-refractivity contribution in [3.05, 3.63) is 34.5 Å². The lowest BCUT2D eigenvalue weighted by molar-refractivity contribution is -0.137. The number of nitrogen functional groups attached to an aromatic ring is 2. The van der Waals surface area contributed by atoms with Crippen LogP contribution in [0, 0.1) is 30.4 Å². The number of alkyl halides is 3. The molecule has 4 fully saturated rings. The second-order valence-electron chi connectivity index (χ2n) is 13.3. The number of nitrogens with zero attached hydrogens (tertiary/aromatic N) is 3. The van der Waals surface area contributed by atoms with E-state index in [9.17, 15) is 17.6 Å². The SMILES string of the molecule is CC(C)CC1(C)CCN1.CCCc1nc(-c2cc(N)c(F)c(C)c2C(F)(F)F)c(F)c2nc(OCC34CC(CO3)C4)nc(N)c12. The summed E-state index contributed by atoms with van der Waals surface area (Å²) in [5.41, 5.74) is 7.66. The maximum Gasteiger partial charge on any atom is 0.417 e. The number of fused-ring (bicyclic) bond motifs is 2. The Morgan fingerprint density at radius 1 is 1.13 bits per heavy atom. The van der Waals surface area contributed by atoms with E-state index in [0.29, 0.717) is 24.5 Å². The molecule has 0 spiro atoms. The van der Waals surface area contributed by atoms with Gasteiger partial charge in [-0.3, -0.25) is 0 Å².